The highest BCUT2D eigenvalue weighted by molar-refractivity contribution is 5.97. The highest BCUT2D eigenvalue weighted by Crippen LogP contribution is 2.41. The van der Waals surface area contributed by atoms with Crippen molar-refractivity contribution in [1.82, 2.24) is 29.7 Å². The summed E-state index contributed by atoms with van der Waals surface area (Å²) < 4.78 is 11.3. The van der Waals surface area contributed by atoms with Gasteiger partial charge < -0.3 is 29.6 Å². The Morgan fingerprint density at radius 3 is 2.46 bits per heavy atom. The number of H-pyrrole nitrogens is 1. The zero-order valence-corrected chi connectivity index (χ0v) is 22.4. The molecule has 10 heteroatoms. The summed E-state index contributed by atoms with van der Waals surface area (Å²) in [6.07, 6.45) is 9.08. The molecule has 1 aliphatic heterocycles. The fourth-order valence-electron chi connectivity index (χ4n) is 4.22. The van der Waals surface area contributed by atoms with E-state index in [2.05, 4.69) is 42.1 Å². The van der Waals surface area contributed by atoms with E-state index in [9.17, 15) is 4.79 Å². The number of ether oxygens (including phenoxy) is 2. The second-order valence-corrected chi connectivity index (χ2v) is 9.48. The van der Waals surface area contributed by atoms with Crippen LogP contribution in [-0.2, 0) is 4.79 Å². The number of fused-ring (bicyclic) bond motifs is 1. The van der Waals surface area contributed by atoms with Crippen LogP contribution < -0.4 is 14.8 Å². The van der Waals surface area contributed by atoms with E-state index >= 15 is 0 Å². The number of hydrogen-bond acceptors (Lipinski definition) is 8. The smallest absolute Gasteiger partial charge is 0.228 e. The van der Waals surface area contributed by atoms with Gasteiger partial charge in [-0.1, -0.05) is 13.8 Å². The Labute approximate surface area is 218 Å². The van der Waals surface area contributed by atoms with Crippen molar-refractivity contribution in [2.45, 2.75) is 45.6 Å². The summed E-state index contributed by atoms with van der Waals surface area (Å²) in [5.74, 6) is 2.48. The van der Waals surface area contributed by atoms with Gasteiger partial charge in [-0.15, -0.1) is 0 Å². The second-order valence-electron chi connectivity index (χ2n) is 9.48. The lowest BCUT2D eigenvalue weighted by Gasteiger charge is -2.32. The van der Waals surface area contributed by atoms with E-state index in [0.717, 1.165) is 29.7 Å². The molecule has 0 bridgehead atoms. The van der Waals surface area contributed by atoms with Crippen LogP contribution in [0, 0.1) is 5.92 Å². The highest BCUT2D eigenvalue weighted by atomic mass is 16.5. The fraction of sp³-hybridized carbons (Fsp3) is 0.556. The number of likely N-dealkylation sites (N-methyl/N-ethyl adjacent to an activating group) is 1. The van der Waals surface area contributed by atoms with Crippen molar-refractivity contribution in [1.29, 1.82) is 0 Å². The molecule has 6 rings (SSSR count). The number of nitrogens with zero attached hydrogens (tertiary/aromatic N) is 5. The molecule has 3 aromatic rings. The van der Waals surface area contributed by atoms with Crippen molar-refractivity contribution in [3.8, 4) is 22.9 Å². The number of anilines is 1. The Morgan fingerprint density at radius 2 is 1.81 bits per heavy atom. The SMILES string of the molecule is CC.CN1CCN(CC2CC2)CC1.COc1ncnc(OC2CC2)c1-c1c[nH]c2nc(NC=O)ccc12. The van der Waals surface area contributed by atoms with Gasteiger partial charge in [0, 0.05) is 49.9 Å². The lowest BCUT2D eigenvalue weighted by atomic mass is 10.1. The molecule has 3 aromatic heterocycles. The number of rotatable bonds is 8. The predicted octanol–water partition coefficient (Wildman–Crippen LogP) is 3.81. The molecule has 0 spiro atoms. The Morgan fingerprint density at radius 1 is 1.08 bits per heavy atom. The molecule has 0 aromatic carbocycles. The first-order chi connectivity index (χ1) is 18.1. The number of nitrogens with one attached hydrogen (secondary N) is 2. The van der Waals surface area contributed by atoms with Crippen LogP contribution in [0.5, 0.6) is 11.8 Å². The molecule has 10 nitrogen and oxygen atoms in total. The van der Waals surface area contributed by atoms with Gasteiger partial charge >= 0.3 is 0 Å². The standard InChI is InChI=1S/C16H15N5O3.C9H18N2.C2H6/c1-23-15-13(16(19-7-18-15)24-9-2-3-9)11-6-17-14-10(11)4-5-12(21-14)20-8-22;1-10-4-6-11(7-5-10)8-9-2-3-9;1-2/h4-9H,2-3H2,1H3,(H2,17,20,21,22);9H,2-8H2,1H3;1-2H3. The molecule has 4 heterocycles. The van der Waals surface area contributed by atoms with Crippen molar-refractivity contribution in [2.24, 2.45) is 5.92 Å². The van der Waals surface area contributed by atoms with Crippen molar-refractivity contribution >= 4 is 23.3 Å². The van der Waals surface area contributed by atoms with E-state index in [1.54, 1.807) is 13.2 Å². The van der Waals surface area contributed by atoms with Gasteiger partial charge in [0.05, 0.1) is 7.11 Å². The Bertz CT molecular complexity index is 1150. The third kappa shape index (κ3) is 7.17. The molecule has 0 atom stereocenters. The number of aromatic nitrogens is 4. The van der Waals surface area contributed by atoms with Gasteiger partial charge in [0.1, 0.15) is 29.5 Å². The number of hydrogen-bond donors (Lipinski definition) is 2. The average molecular weight is 510 g/mol. The third-order valence-corrected chi connectivity index (χ3v) is 6.60. The first kappa shape index (κ1) is 26.8. The second kappa shape index (κ2) is 12.8. The van der Waals surface area contributed by atoms with E-state index in [1.807, 2.05) is 26.1 Å². The Hall–Kier alpha value is -3.24. The number of carbonyl (C=O) groups excluding carboxylic acids is 1. The Kier molecular flexibility index (Phi) is 9.29. The summed E-state index contributed by atoms with van der Waals surface area (Å²) >= 11 is 0. The van der Waals surface area contributed by atoms with Gasteiger partial charge in [-0.05, 0) is 50.8 Å². The van der Waals surface area contributed by atoms with Crippen molar-refractivity contribution in [2.75, 3.05) is 52.2 Å². The topological polar surface area (TPSA) is 108 Å². The van der Waals surface area contributed by atoms with E-state index in [0.29, 0.717) is 35.2 Å². The maximum atomic E-state index is 10.6. The lowest BCUT2D eigenvalue weighted by Crippen LogP contribution is -2.45. The van der Waals surface area contributed by atoms with Crippen LogP contribution in [0.25, 0.3) is 22.2 Å². The predicted molar refractivity (Wildman–Crippen MR) is 145 cm³/mol. The minimum absolute atomic E-state index is 0.204. The summed E-state index contributed by atoms with van der Waals surface area (Å²) in [7, 11) is 3.78. The van der Waals surface area contributed by atoms with Crippen LogP contribution in [0.1, 0.15) is 39.5 Å². The first-order valence-electron chi connectivity index (χ1n) is 13.3. The Balaban J connectivity index is 0.000000205. The van der Waals surface area contributed by atoms with Crippen LogP contribution >= 0.6 is 0 Å². The first-order valence-corrected chi connectivity index (χ1v) is 13.3. The molecule has 3 aliphatic rings. The quantitative estimate of drug-likeness (QED) is 0.442. The van der Waals surface area contributed by atoms with Gasteiger partial charge in [-0.3, -0.25) is 4.79 Å². The van der Waals surface area contributed by atoms with Gasteiger partial charge in [-0.2, -0.15) is 0 Å². The maximum absolute atomic E-state index is 10.6. The molecule has 37 heavy (non-hydrogen) atoms. The van der Waals surface area contributed by atoms with Crippen LogP contribution in [0.4, 0.5) is 5.82 Å². The number of amides is 1. The number of methoxy groups -OCH3 is 1. The third-order valence-electron chi connectivity index (χ3n) is 6.60. The van der Waals surface area contributed by atoms with Crippen molar-refractivity contribution in [3.05, 3.63) is 24.7 Å². The molecule has 1 saturated heterocycles. The molecule has 3 fully saturated rings. The molecule has 0 unspecified atom stereocenters. The van der Waals surface area contributed by atoms with E-state index in [4.69, 9.17) is 9.47 Å². The summed E-state index contributed by atoms with van der Waals surface area (Å²) in [6.45, 7) is 10.5. The van der Waals surface area contributed by atoms with E-state index in [1.165, 1.54) is 51.9 Å². The molecular weight excluding hydrogens is 470 g/mol. The lowest BCUT2D eigenvalue weighted by molar-refractivity contribution is -0.105. The average Bonchev–Trinajstić information content (AvgIpc) is 3.87. The molecule has 2 N–H and O–H groups in total. The van der Waals surface area contributed by atoms with E-state index in [-0.39, 0.29) is 6.10 Å². The molecule has 2 saturated carbocycles. The molecule has 0 radical (unpaired) electrons. The monoisotopic (exact) mass is 509 g/mol. The number of aromatic amines is 1. The zero-order valence-electron chi connectivity index (χ0n) is 22.4. The molecule has 200 valence electrons. The van der Waals surface area contributed by atoms with E-state index < -0.39 is 0 Å². The largest absolute Gasteiger partial charge is 0.480 e. The van der Waals surface area contributed by atoms with Gasteiger partial charge in [0.15, 0.2) is 0 Å². The molecular formula is C27H39N7O3. The fourth-order valence-corrected chi connectivity index (χ4v) is 4.22. The molecule has 2 aliphatic carbocycles. The number of pyridine rings is 1. The van der Waals surface area contributed by atoms with Gasteiger partial charge in [0.25, 0.3) is 0 Å². The van der Waals surface area contributed by atoms with Crippen molar-refractivity contribution in [3.63, 3.8) is 0 Å². The van der Waals surface area contributed by atoms with Crippen LogP contribution in [-0.4, -0.2) is 89.1 Å². The maximum Gasteiger partial charge on any atom is 0.228 e. The normalized spacial score (nSPS) is 17.7. The summed E-state index contributed by atoms with van der Waals surface area (Å²) in [5.41, 5.74) is 2.17. The zero-order chi connectivity index (χ0) is 26.2. The van der Waals surface area contributed by atoms with Gasteiger partial charge in [-0.25, -0.2) is 15.0 Å². The highest BCUT2D eigenvalue weighted by Gasteiger charge is 2.28. The minimum atomic E-state index is 0.204. The summed E-state index contributed by atoms with van der Waals surface area (Å²) in [5, 5.41) is 3.39. The van der Waals surface area contributed by atoms with Crippen LogP contribution in [0.2, 0.25) is 0 Å². The van der Waals surface area contributed by atoms with Crippen molar-refractivity contribution < 1.29 is 14.3 Å². The summed E-state index contributed by atoms with van der Waals surface area (Å²) in [4.78, 5) is 31.5. The van der Waals surface area contributed by atoms with Crippen LogP contribution in [0.15, 0.2) is 24.7 Å². The number of carbonyl (C=O) groups is 1. The minimum Gasteiger partial charge on any atom is -0.480 e. The van der Waals surface area contributed by atoms with Gasteiger partial charge in [0.2, 0.25) is 18.2 Å². The molecule has 1 amide bonds. The van der Waals surface area contributed by atoms with Crippen LogP contribution in [0.3, 0.4) is 0 Å². The number of piperazine rings is 1. The summed E-state index contributed by atoms with van der Waals surface area (Å²) in [6, 6.07) is 3.60.